The molecule has 0 aromatic heterocycles. The normalized spacial score (nSPS) is 20.2. The van der Waals surface area contributed by atoms with Crippen LogP contribution in [0.4, 0.5) is 0 Å². The van der Waals surface area contributed by atoms with Gasteiger partial charge in [-0.25, -0.2) is 0 Å². The third kappa shape index (κ3) is 4.23. The summed E-state index contributed by atoms with van der Waals surface area (Å²) in [5, 5.41) is 0.634. The van der Waals surface area contributed by atoms with E-state index in [-0.39, 0.29) is 5.91 Å². The lowest BCUT2D eigenvalue weighted by molar-refractivity contribution is 0.0755. The molecule has 2 nitrogen and oxygen atoms in total. The molecule has 1 aliphatic rings. The summed E-state index contributed by atoms with van der Waals surface area (Å²) in [6, 6.07) is 5.40. The highest BCUT2D eigenvalue weighted by atomic mass is 79.9. The first-order valence-corrected chi connectivity index (χ1v) is 8.70. The van der Waals surface area contributed by atoms with Gasteiger partial charge in [0, 0.05) is 23.1 Å². The minimum Gasteiger partial charge on any atom is -0.339 e. The molecule has 0 spiro atoms. The molecule has 1 fully saturated rings. The number of nitrogens with zero attached hydrogens (tertiary/aromatic N) is 1. The molecular weight excluding hydrogens is 350 g/mol. The number of halogens is 2. The molecule has 1 aromatic rings. The number of hydrogen-bond acceptors (Lipinski definition) is 1. The van der Waals surface area contributed by atoms with Crippen molar-refractivity contribution >= 4 is 33.4 Å². The Hall–Kier alpha value is -0.540. The second-order valence-electron chi connectivity index (χ2n) is 6.91. The topological polar surface area (TPSA) is 20.3 Å². The number of carbonyl (C=O) groups is 1. The van der Waals surface area contributed by atoms with Gasteiger partial charge in [-0.3, -0.25) is 4.79 Å². The summed E-state index contributed by atoms with van der Waals surface area (Å²) < 4.78 is 0.775. The van der Waals surface area contributed by atoms with Crippen LogP contribution >= 0.6 is 27.5 Å². The summed E-state index contributed by atoms with van der Waals surface area (Å²) in [7, 11) is 0. The van der Waals surface area contributed by atoms with Gasteiger partial charge in [-0.15, -0.1) is 0 Å². The molecule has 1 unspecified atom stereocenters. The number of benzene rings is 1. The first-order chi connectivity index (χ1) is 9.79. The van der Waals surface area contributed by atoms with E-state index in [0.29, 0.717) is 21.9 Å². The zero-order valence-corrected chi connectivity index (χ0v) is 15.3. The molecule has 1 heterocycles. The van der Waals surface area contributed by atoms with E-state index in [4.69, 9.17) is 11.6 Å². The largest absolute Gasteiger partial charge is 0.339 e. The second kappa shape index (κ2) is 6.70. The molecule has 1 atom stereocenters. The van der Waals surface area contributed by atoms with Crippen molar-refractivity contribution in [3.8, 4) is 0 Å². The van der Waals surface area contributed by atoms with Gasteiger partial charge in [0.25, 0.3) is 5.91 Å². The molecule has 1 aliphatic heterocycles. The Bertz CT molecular complexity index is 524. The van der Waals surface area contributed by atoms with Crippen molar-refractivity contribution in [1.29, 1.82) is 0 Å². The molecule has 1 saturated heterocycles. The van der Waals surface area contributed by atoms with E-state index in [2.05, 4.69) is 36.7 Å². The molecule has 0 radical (unpaired) electrons. The van der Waals surface area contributed by atoms with Crippen molar-refractivity contribution in [2.45, 2.75) is 40.0 Å². The maximum atomic E-state index is 12.6. The molecule has 0 N–H and O–H groups in total. The van der Waals surface area contributed by atoms with Crippen molar-refractivity contribution in [2.75, 3.05) is 13.1 Å². The van der Waals surface area contributed by atoms with Crippen molar-refractivity contribution in [3.05, 3.63) is 33.3 Å². The summed E-state index contributed by atoms with van der Waals surface area (Å²) in [5.74, 6) is 0.800. The van der Waals surface area contributed by atoms with Gasteiger partial charge in [0.15, 0.2) is 0 Å². The fraction of sp³-hybridized carbons (Fsp3) is 0.588. The second-order valence-corrected chi connectivity index (χ2v) is 8.18. The van der Waals surface area contributed by atoms with Crippen molar-refractivity contribution in [2.24, 2.45) is 11.3 Å². The minimum atomic E-state index is 0.113. The average Bonchev–Trinajstić information content (AvgIpc) is 2.66. The smallest absolute Gasteiger partial charge is 0.253 e. The number of hydrogen-bond donors (Lipinski definition) is 0. The third-order valence-electron chi connectivity index (χ3n) is 4.41. The van der Waals surface area contributed by atoms with Crippen LogP contribution < -0.4 is 0 Å². The van der Waals surface area contributed by atoms with Gasteiger partial charge < -0.3 is 4.90 Å². The van der Waals surface area contributed by atoms with Crippen LogP contribution in [0.3, 0.4) is 0 Å². The van der Waals surface area contributed by atoms with Crippen LogP contribution in [0.25, 0.3) is 0 Å². The van der Waals surface area contributed by atoms with Crippen molar-refractivity contribution in [1.82, 2.24) is 4.90 Å². The van der Waals surface area contributed by atoms with E-state index < -0.39 is 0 Å². The minimum absolute atomic E-state index is 0.113. The molecule has 0 bridgehead atoms. The number of likely N-dealkylation sites (tertiary alicyclic amines) is 1. The van der Waals surface area contributed by atoms with Crippen LogP contribution in [0.2, 0.25) is 5.02 Å². The summed E-state index contributed by atoms with van der Waals surface area (Å²) in [6.07, 6.45) is 3.38. The molecule has 116 valence electrons. The number of carbonyl (C=O) groups excluding carboxylic acids is 1. The Morgan fingerprint density at radius 1 is 1.29 bits per heavy atom. The Morgan fingerprint density at radius 2 is 2.00 bits per heavy atom. The predicted molar refractivity (Wildman–Crippen MR) is 91.9 cm³/mol. The zero-order chi connectivity index (χ0) is 15.6. The Morgan fingerprint density at radius 3 is 2.62 bits per heavy atom. The maximum absolute atomic E-state index is 12.6. The van der Waals surface area contributed by atoms with Crippen LogP contribution in [0.15, 0.2) is 22.7 Å². The van der Waals surface area contributed by atoms with Crippen LogP contribution in [0, 0.1) is 11.3 Å². The molecule has 21 heavy (non-hydrogen) atoms. The van der Waals surface area contributed by atoms with Crippen LogP contribution in [0.5, 0.6) is 0 Å². The van der Waals surface area contributed by atoms with Gasteiger partial charge in [0.05, 0.1) is 5.02 Å². The van der Waals surface area contributed by atoms with E-state index in [1.807, 2.05) is 17.0 Å². The fourth-order valence-electron chi connectivity index (χ4n) is 2.98. The van der Waals surface area contributed by atoms with Crippen molar-refractivity contribution in [3.63, 3.8) is 0 Å². The van der Waals surface area contributed by atoms with Gasteiger partial charge in [-0.2, -0.15) is 0 Å². The average molecular weight is 373 g/mol. The lowest BCUT2D eigenvalue weighted by atomic mass is 9.77. The van der Waals surface area contributed by atoms with E-state index in [0.717, 1.165) is 30.4 Å². The van der Waals surface area contributed by atoms with Crippen LogP contribution in [-0.2, 0) is 0 Å². The maximum Gasteiger partial charge on any atom is 0.253 e. The monoisotopic (exact) mass is 371 g/mol. The first-order valence-electron chi connectivity index (χ1n) is 7.53. The quantitative estimate of drug-likeness (QED) is 0.647. The fourth-order valence-corrected chi connectivity index (χ4v) is 3.47. The van der Waals surface area contributed by atoms with Gasteiger partial charge in [0.1, 0.15) is 0 Å². The van der Waals surface area contributed by atoms with Crippen molar-refractivity contribution < 1.29 is 4.79 Å². The molecule has 0 aliphatic carbocycles. The molecule has 2 rings (SSSR count). The number of rotatable bonds is 1. The lowest BCUT2D eigenvalue weighted by Crippen LogP contribution is -2.32. The highest BCUT2D eigenvalue weighted by Gasteiger charge is 2.28. The molecule has 4 heteroatoms. The predicted octanol–water partition coefficient (Wildman–Crippen LogP) is 5.39. The Labute approximate surface area is 141 Å². The highest BCUT2D eigenvalue weighted by molar-refractivity contribution is 9.10. The standard InChI is InChI=1S/C17H23BrClNO/c1-17(2,3)13-5-4-9-20(10-8-13)16(21)12-6-7-15(19)14(18)11-12/h6-7,11,13H,4-5,8-10H2,1-3H3. The zero-order valence-electron chi connectivity index (χ0n) is 13.0. The van der Waals surface area contributed by atoms with E-state index in [1.54, 1.807) is 6.07 Å². The van der Waals surface area contributed by atoms with Crippen LogP contribution in [0.1, 0.15) is 50.4 Å². The summed E-state index contributed by atoms with van der Waals surface area (Å²) in [6.45, 7) is 8.59. The van der Waals surface area contributed by atoms with Crippen LogP contribution in [-0.4, -0.2) is 23.9 Å². The van der Waals surface area contributed by atoms with Gasteiger partial charge in [0.2, 0.25) is 0 Å². The Balaban J connectivity index is 2.08. The summed E-state index contributed by atoms with van der Waals surface area (Å²) in [5.41, 5.74) is 1.03. The van der Waals surface area contributed by atoms with Gasteiger partial charge in [-0.1, -0.05) is 32.4 Å². The lowest BCUT2D eigenvalue weighted by Gasteiger charge is -2.29. The van der Waals surface area contributed by atoms with Gasteiger partial charge in [-0.05, 0) is 64.7 Å². The third-order valence-corrected chi connectivity index (χ3v) is 5.62. The molecule has 1 amide bonds. The summed E-state index contributed by atoms with van der Waals surface area (Å²) in [4.78, 5) is 14.6. The first kappa shape index (κ1) is 16.8. The highest BCUT2D eigenvalue weighted by Crippen LogP contribution is 2.34. The molecular formula is C17H23BrClNO. The SMILES string of the molecule is CC(C)(C)C1CCCN(C(=O)c2ccc(Cl)c(Br)c2)CC1. The van der Waals surface area contributed by atoms with E-state index in [1.165, 1.54) is 6.42 Å². The molecule has 0 saturated carbocycles. The molecule has 1 aromatic carbocycles. The van der Waals surface area contributed by atoms with Gasteiger partial charge >= 0.3 is 0 Å². The summed E-state index contributed by atoms with van der Waals surface area (Å²) >= 11 is 9.38. The van der Waals surface area contributed by atoms with E-state index >= 15 is 0 Å². The Kier molecular flexibility index (Phi) is 5.37. The van der Waals surface area contributed by atoms with E-state index in [9.17, 15) is 4.79 Å². The number of amides is 1.